The van der Waals surface area contributed by atoms with Crippen LogP contribution in [0.4, 0.5) is 11.5 Å². The Bertz CT molecular complexity index is 679. The molecule has 7 heteroatoms. The van der Waals surface area contributed by atoms with E-state index in [1.165, 1.54) is 6.20 Å². The van der Waals surface area contributed by atoms with E-state index in [0.717, 1.165) is 50.5 Å². The predicted octanol–water partition coefficient (Wildman–Crippen LogP) is 1.84. The van der Waals surface area contributed by atoms with E-state index in [2.05, 4.69) is 10.3 Å². The van der Waals surface area contributed by atoms with Crippen LogP contribution in [0.2, 0.25) is 0 Å². The van der Waals surface area contributed by atoms with Crippen molar-refractivity contribution in [1.29, 1.82) is 0 Å². The molecule has 4 N–H and O–H groups in total. The molecule has 1 saturated heterocycles. The summed E-state index contributed by atoms with van der Waals surface area (Å²) in [6.07, 6.45) is 7.58. The Balaban J connectivity index is 1.69. The highest BCUT2D eigenvalue weighted by Crippen LogP contribution is 2.34. The topological polar surface area (TPSA) is 109 Å². The molecule has 26 heavy (non-hydrogen) atoms. The van der Waals surface area contributed by atoms with Crippen molar-refractivity contribution >= 4 is 23.3 Å². The van der Waals surface area contributed by atoms with Gasteiger partial charge in [0.15, 0.2) is 0 Å². The van der Waals surface area contributed by atoms with E-state index < -0.39 is 11.8 Å². The smallest absolute Gasteiger partial charge is 0.313 e. The second-order valence-corrected chi connectivity index (χ2v) is 7.52. The molecule has 0 unspecified atom stereocenters. The van der Waals surface area contributed by atoms with Gasteiger partial charge >= 0.3 is 11.8 Å². The Morgan fingerprint density at radius 2 is 2.08 bits per heavy atom. The number of aliphatic hydroxyl groups is 1. The summed E-state index contributed by atoms with van der Waals surface area (Å²) in [5, 5.41) is 12.6. The number of nitrogen functional groups attached to an aromatic ring is 1. The molecule has 0 bridgehead atoms. The molecule has 0 spiro atoms. The Labute approximate surface area is 154 Å². The van der Waals surface area contributed by atoms with Crippen molar-refractivity contribution in [2.45, 2.75) is 64.0 Å². The van der Waals surface area contributed by atoms with E-state index in [1.54, 1.807) is 17.9 Å². The third-order valence-electron chi connectivity index (χ3n) is 5.61. The van der Waals surface area contributed by atoms with Gasteiger partial charge < -0.3 is 21.1 Å². The minimum absolute atomic E-state index is 0.0447. The lowest BCUT2D eigenvalue weighted by molar-refractivity contribution is -0.147. The minimum atomic E-state index is -0.640. The number of anilines is 2. The molecular formula is C19H28N4O3. The Morgan fingerprint density at radius 3 is 2.81 bits per heavy atom. The minimum Gasteiger partial charge on any atom is -0.393 e. The fraction of sp³-hybridized carbons (Fsp3) is 0.632. The van der Waals surface area contributed by atoms with Gasteiger partial charge in [-0.15, -0.1) is 0 Å². The molecule has 0 aromatic carbocycles. The van der Waals surface area contributed by atoms with Gasteiger partial charge in [-0.1, -0.05) is 6.42 Å². The fourth-order valence-corrected chi connectivity index (χ4v) is 4.22. The van der Waals surface area contributed by atoms with E-state index in [4.69, 9.17) is 5.73 Å². The zero-order chi connectivity index (χ0) is 18.7. The highest BCUT2D eigenvalue weighted by molar-refractivity contribution is 6.39. The molecule has 1 aromatic heterocycles. The average molecular weight is 360 g/mol. The molecule has 3 rings (SSSR count). The predicted molar refractivity (Wildman–Crippen MR) is 99.3 cm³/mol. The van der Waals surface area contributed by atoms with Crippen molar-refractivity contribution in [3.63, 3.8) is 0 Å². The van der Waals surface area contributed by atoms with Gasteiger partial charge in [-0.2, -0.15) is 0 Å². The van der Waals surface area contributed by atoms with E-state index in [1.807, 2.05) is 0 Å². The molecule has 1 aromatic rings. The largest absolute Gasteiger partial charge is 0.393 e. The summed E-state index contributed by atoms with van der Waals surface area (Å²) in [6.45, 7) is 2.40. The molecule has 2 fully saturated rings. The molecule has 0 radical (unpaired) electrons. The number of hydrogen-bond donors (Lipinski definition) is 3. The van der Waals surface area contributed by atoms with Gasteiger partial charge in [0.05, 0.1) is 18.0 Å². The summed E-state index contributed by atoms with van der Waals surface area (Å²) < 4.78 is 0. The van der Waals surface area contributed by atoms with E-state index in [0.29, 0.717) is 18.1 Å². The maximum absolute atomic E-state index is 12.8. The summed E-state index contributed by atoms with van der Waals surface area (Å²) in [5.41, 5.74) is 6.91. The number of nitrogens with zero attached hydrogens (tertiary/aromatic N) is 2. The van der Waals surface area contributed by atoms with Crippen LogP contribution in [-0.2, 0) is 9.59 Å². The zero-order valence-electron chi connectivity index (χ0n) is 15.3. The number of aromatic nitrogens is 1. The van der Waals surface area contributed by atoms with Crippen LogP contribution in [-0.4, -0.2) is 45.5 Å². The normalized spacial score (nSPS) is 26.4. The van der Waals surface area contributed by atoms with Gasteiger partial charge in [0.1, 0.15) is 5.82 Å². The number of pyridine rings is 1. The Hall–Kier alpha value is -2.15. The highest BCUT2D eigenvalue weighted by atomic mass is 16.3. The van der Waals surface area contributed by atoms with Crippen molar-refractivity contribution in [3.8, 4) is 0 Å². The number of hydrogen-bond acceptors (Lipinski definition) is 5. The van der Waals surface area contributed by atoms with Gasteiger partial charge in [-0.05, 0) is 63.0 Å². The van der Waals surface area contributed by atoms with Crippen LogP contribution in [0.5, 0.6) is 0 Å². The molecule has 1 aliphatic heterocycles. The van der Waals surface area contributed by atoms with Gasteiger partial charge in [-0.25, -0.2) is 4.98 Å². The lowest BCUT2D eigenvalue weighted by atomic mass is 9.78. The number of amides is 2. The molecule has 2 heterocycles. The first-order valence-electron chi connectivity index (χ1n) is 9.48. The quantitative estimate of drug-likeness (QED) is 0.698. The number of rotatable bonds is 2. The van der Waals surface area contributed by atoms with Crippen molar-refractivity contribution in [3.05, 3.63) is 17.8 Å². The number of aliphatic hydroxyl groups excluding tert-OH is 1. The van der Waals surface area contributed by atoms with Gasteiger partial charge in [0.2, 0.25) is 0 Å². The summed E-state index contributed by atoms with van der Waals surface area (Å²) in [5.74, 6) is -0.457. The van der Waals surface area contributed by atoms with Crippen LogP contribution in [0.25, 0.3) is 0 Å². The van der Waals surface area contributed by atoms with Gasteiger partial charge in [0, 0.05) is 12.6 Å². The fourth-order valence-electron chi connectivity index (χ4n) is 4.22. The first-order valence-corrected chi connectivity index (χ1v) is 9.48. The molecule has 7 nitrogen and oxygen atoms in total. The van der Waals surface area contributed by atoms with Gasteiger partial charge in [0.25, 0.3) is 0 Å². The average Bonchev–Trinajstić information content (AvgIpc) is 2.64. The van der Waals surface area contributed by atoms with Crippen molar-refractivity contribution in [1.82, 2.24) is 9.88 Å². The van der Waals surface area contributed by atoms with Gasteiger partial charge in [-0.3, -0.25) is 9.59 Å². The lowest BCUT2D eigenvalue weighted by Gasteiger charge is -2.42. The highest BCUT2D eigenvalue weighted by Gasteiger charge is 2.37. The van der Waals surface area contributed by atoms with E-state index in [-0.39, 0.29) is 18.1 Å². The Morgan fingerprint density at radius 1 is 1.27 bits per heavy atom. The number of carbonyl (C=O) groups is 2. The van der Waals surface area contributed by atoms with Crippen molar-refractivity contribution in [2.75, 3.05) is 17.6 Å². The molecule has 2 aliphatic rings. The number of piperidine rings is 1. The third kappa shape index (κ3) is 4.15. The van der Waals surface area contributed by atoms with Crippen LogP contribution < -0.4 is 11.1 Å². The van der Waals surface area contributed by atoms with Crippen LogP contribution in [0.1, 0.15) is 50.5 Å². The standard InChI is InChI=1S/C19H28N4O3/c1-12-9-14(11-21-17(12)20)22-18(25)19(26)23-8-3-2-7-16(23)13-5-4-6-15(24)10-13/h9,11,13,15-16,24H,2-8,10H2,1H3,(H2,20,21)(H,22,25)/t13-,15-,16-/m0/s1. The third-order valence-corrected chi connectivity index (χ3v) is 5.61. The number of carbonyl (C=O) groups excluding carboxylic acids is 2. The number of nitrogens with one attached hydrogen (secondary N) is 1. The number of aryl methyl sites for hydroxylation is 1. The molecule has 1 aliphatic carbocycles. The summed E-state index contributed by atoms with van der Waals surface area (Å²) in [4.78, 5) is 31.0. The maximum Gasteiger partial charge on any atom is 0.313 e. The summed E-state index contributed by atoms with van der Waals surface area (Å²) in [7, 11) is 0. The maximum atomic E-state index is 12.8. The zero-order valence-corrected chi connectivity index (χ0v) is 15.3. The molecule has 2 amide bonds. The monoisotopic (exact) mass is 360 g/mol. The molecule has 1 saturated carbocycles. The van der Waals surface area contributed by atoms with Crippen LogP contribution >= 0.6 is 0 Å². The lowest BCUT2D eigenvalue weighted by Crippen LogP contribution is -2.52. The molecule has 3 atom stereocenters. The van der Waals surface area contributed by atoms with Crippen LogP contribution in [0.3, 0.4) is 0 Å². The second-order valence-electron chi connectivity index (χ2n) is 7.52. The van der Waals surface area contributed by atoms with E-state index >= 15 is 0 Å². The molecular weight excluding hydrogens is 332 g/mol. The number of nitrogens with two attached hydrogens (primary N) is 1. The summed E-state index contributed by atoms with van der Waals surface area (Å²) in [6, 6.07) is 1.75. The van der Waals surface area contributed by atoms with Crippen LogP contribution in [0.15, 0.2) is 12.3 Å². The summed E-state index contributed by atoms with van der Waals surface area (Å²) >= 11 is 0. The Kier molecular flexibility index (Phi) is 5.76. The first-order chi connectivity index (χ1) is 12.5. The van der Waals surface area contributed by atoms with E-state index in [9.17, 15) is 14.7 Å². The van der Waals surface area contributed by atoms with Crippen LogP contribution in [0, 0.1) is 12.8 Å². The molecule has 142 valence electrons. The SMILES string of the molecule is Cc1cc(NC(=O)C(=O)N2CCCC[C@H]2[C@H]2CCC[C@H](O)C2)cnc1N. The number of likely N-dealkylation sites (tertiary alicyclic amines) is 1. The second kappa shape index (κ2) is 8.03. The first kappa shape index (κ1) is 18.6. The van der Waals surface area contributed by atoms with Crippen molar-refractivity contribution in [2.24, 2.45) is 5.92 Å². The van der Waals surface area contributed by atoms with Crippen molar-refractivity contribution < 1.29 is 14.7 Å².